The Hall–Kier alpha value is -1.96. The van der Waals surface area contributed by atoms with Crippen LogP contribution >= 0.6 is 0 Å². The quantitative estimate of drug-likeness (QED) is 0.743. The van der Waals surface area contributed by atoms with Gasteiger partial charge in [0, 0.05) is 0 Å². The number of hydrogen-bond acceptors (Lipinski definition) is 3. The number of carbonyl (C=O) groups is 1. The van der Waals surface area contributed by atoms with Gasteiger partial charge in [0.05, 0.1) is 17.2 Å². The zero-order valence-electron chi connectivity index (χ0n) is 8.75. The first-order chi connectivity index (χ1) is 7.47. The molecule has 84 valence electrons. The van der Waals surface area contributed by atoms with Crippen LogP contribution in [0, 0.1) is 18.3 Å². The van der Waals surface area contributed by atoms with E-state index in [0.717, 1.165) is 0 Å². The van der Waals surface area contributed by atoms with Gasteiger partial charge in [0.2, 0.25) is 0 Å². The highest BCUT2D eigenvalue weighted by atomic mass is 19.3. The van der Waals surface area contributed by atoms with E-state index in [1.807, 2.05) is 6.07 Å². The van der Waals surface area contributed by atoms with Gasteiger partial charge >= 0.3 is 6.61 Å². The van der Waals surface area contributed by atoms with Crippen molar-refractivity contribution in [1.82, 2.24) is 0 Å². The van der Waals surface area contributed by atoms with Crippen molar-refractivity contribution in [3.05, 3.63) is 28.8 Å². The normalized spacial score (nSPS) is 10.0. The molecule has 1 rings (SSSR count). The lowest BCUT2D eigenvalue weighted by Crippen LogP contribution is -2.08. The molecule has 0 aliphatic carbocycles. The van der Waals surface area contributed by atoms with E-state index in [1.54, 1.807) is 0 Å². The fourth-order valence-corrected chi connectivity index (χ4v) is 1.44. The minimum Gasteiger partial charge on any atom is -0.434 e. The third kappa shape index (κ3) is 2.34. The molecule has 0 atom stereocenters. The second-order valence-corrected chi connectivity index (χ2v) is 3.16. The predicted octanol–water partition coefficient (Wildman–Crippen LogP) is 2.67. The summed E-state index contributed by atoms with van der Waals surface area (Å²) in [6, 6.07) is 4.43. The minimum absolute atomic E-state index is 0.0272. The van der Waals surface area contributed by atoms with Gasteiger partial charge in [-0.15, -0.1) is 0 Å². The summed E-state index contributed by atoms with van der Waals surface area (Å²) in [5.41, 5.74) is 0.652. The fourth-order valence-electron chi connectivity index (χ4n) is 1.44. The Morgan fingerprint density at radius 3 is 2.56 bits per heavy atom. The van der Waals surface area contributed by atoms with E-state index in [2.05, 4.69) is 4.74 Å². The highest BCUT2D eigenvalue weighted by molar-refractivity contribution is 5.98. The molecule has 5 heteroatoms. The first-order valence-electron chi connectivity index (χ1n) is 4.46. The van der Waals surface area contributed by atoms with Crippen molar-refractivity contribution in [2.24, 2.45) is 0 Å². The molecule has 0 fully saturated rings. The van der Waals surface area contributed by atoms with Crippen LogP contribution in [0.25, 0.3) is 0 Å². The van der Waals surface area contributed by atoms with Crippen molar-refractivity contribution in [1.29, 1.82) is 5.26 Å². The smallest absolute Gasteiger partial charge is 0.387 e. The zero-order valence-corrected chi connectivity index (χ0v) is 8.75. The van der Waals surface area contributed by atoms with E-state index in [-0.39, 0.29) is 16.9 Å². The molecule has 0 N–H and O–H groups in total. The molecule has 16 heavy (non-hydrogen) atoms. The van der Waals surface area contributed by atoms with Crippen LogP contribution in [-0.2, 0) is 0 Å². The Bertz CT molecular complexity index is 464. The van der Waals surface area contributed by atoms with E-state index in [0.29, 0.717) is 5.56 Å². The van der Waals surface area contributed by atoms with Gasteiger partial charge in [0.25, 0.3) is 0 Å². The molecule has 0 radical (unpaired) electrons. The maximum Gasteiger partial charge on any atom is 0.387 e. The number of ketones is 1. The summed E-state index contributed by atoms with van der Waals surface area (Å²) in [5, 5.41) is 8.75. The van der Waals surface area contributed by atoms with Crippen LogP contribution in [0.2, 0.25) is 0 Å². The maximum absolute atomic E-state index is 12.1. The number of nitrogens with zero attached hydrogens (tertiary/aromatic N) is 1. The molecule has 0 aliphatic heterocycles. The number of halogens is 2. The average molecular weight is 225 g/mol. The van der Waals surface area contributed by atoms with Gasteiger partial charge in [0.15, 0.2) is 5.78 Å². The Kier molecular flexibility index (Phi) is 3.56. The number of hydrogen-bond donors (Lipinski definition) is 0. The number of alkyl halides is 2. The topological polar surface area (TPSA) is 50.1 Å². The van der Waals surface area contributed by atoms with E-state index in [1.165, 1.54) is 26.0 Å². The van der Waals surface area contributed by atoms with Crippen LogP contribution < -0.4 is 4.74 Å². The van der Waals surface area contributed by atoms with E-state index in [4.69, 9.17) is 5.26 Å². The Morgan fingerprint density at radius 2 is 2.12 bits per heavy atom. The summed E-state index contributed by atoms with van der Waals surface area (Å²) >= 11 is 0. The summed E-state index contributed by atoms with van der Waals surface area (Å²) in [7, 11) is 0. The van der Waals surface area contributed by atoms with E-state index >= 15 is 0 Å². The fraction of sp³-hybridized carbons (Fsp3) is 0.273. The standard InChI is InChI=1S/C11H9F2NO2/c1-6-8(5-14)3-4-9(16-11(12)13)10(6)7(2)15/h3-4,11H,1-2H3. The lowest BCUT2D eigenvalue weighted by molar-refractivity contribution is -0.0501. The monoisotopic (exact) mass is 225 g/mol. The van der Waals surface area contributed by atoms with E-state index in [9.17, 15) is 13.6 Å². The Labute approximate surface area is 91.3 Å². The lowest BCUT2D eigenvalue weighted by atomic mass is 9.99. The van der Waals surface area contributed by atoms with Crippen molar-refractivity contribution >= 4 is 5.78 Å². The van der Waals surface area contributed by atoms with Gasteiger partial charge in [0.1, 0.15) is 5.75 Å². The molecule has 0 saturated heterocycles. The summed E-state index contributed by atoms with van der Waals surface area (Å²) in [6.45, 7) is -0.236. The first kappa shape index (κ1) is 12.1. The number of nitriles is 1. The van der Waals surface area contributed by atoms with Crippen LogP contribution in [0.3, 0.4) is 0 Å². The summed E-state index contributed by atoms with van der Waals surface area (Å²) < 4.78 is 28.4. The molecule has 0 amide bonds. The lowest BCUT2D eigenvalue weighted by Gasteiger charge is -2.11. The molecule has 3 nitrogen and oxygen atoms in total. The van der Waals surface area contributed by atoms with Crippen molar-refractivity contribution in [3.63, 3.8) is 0 Å². The summed E-state index contributed by atoms with van der Waals surface area (Å²) in [5.74, 6) is -0.607. The number of Topliss-reactive ketones (excluding diaryl/α,β-unsaturated/α-hetero) is 1. The van der Waals surface area contributed by atoms with Crippen LogP contribution in [0.4, 0.5) is 8.78 Å². The summed E-state index contributed by atoms with van der Waals surface area (Å²) in [6.07, 6.45) is 0. The van der Waals surface area contributed by atoms with Gasteiger partial charge in [-0.3, -0.25) is 4.79 Å². The number of rotatable bonds is 3. The molecule has 0 saturated carbocycles. The highest BCUT2D eigenvalue weighted by Crippen LogP contribution is 2.26. The molecule has 0 bridgehead atoms. The molecular weight excluding hydrogens is 216 g/mol. The Morgan fingerprint density at radius 1 is 1.50 bits per heavy atom. The minimum atomic E-state index is -2.99. The van der Waals surface area contributed by atoms with Crippen LogP contribution in [0.5, 0.6) is 5.75 Å². The maximum atomic E-state index is 12.1. The van der Waals surface area contributed by atoms with Crippen LogP contribution in [-0.4, -0.2) is 12.4 Å². The predicted molar refractivity (Wildman–Crippen MR) is 52.5 cm³/mol. The Balaban J connectivity index is 3.36. The van der Waals surface area contributed by atoms with Crippen LogP contribution in [0.15, 0.2) is 12.1 Å². The molecule has 0 unspecified atom stereocenters. The second kappa shape index (κ2) is 4.71. The zero-order chi connectivity index (χ0) is 12.3. The third-order valence-corrected chi connectivity index (χ3v) is 2.12. The van der Waals surface area contributed by atoms with Crippen molar-refractivity contribution < 1.29 is 18.3 Å². The molecule has 0 heterocycles. The molecule has 0 spiro atoms. The van der Waals surface area contributed by atoms with Crippen LogP contribution in [0.1, 0.15) is 28.4 Å². The van der Waals surface area contributed by atoms with Gasteiger partial charge in [-0.2, -0.15) is 14.0 Å². The van der Waals surface area contributed by atoms with E-state index < -0.39 is 12.4 Å². The largest absolute Gasteiger partial charge is 0.434 e. The number of benzene rings is 1. The van der Waals surface area contributed by atoms with Gasteiger partial charge in [-0.25, -0.2) is 0 Å². The van der Waals surface area contributed by atoms with Gasteiger partial charge in [-0.05, 0) is 31.5 Å². The van der Waals surface area contributed by atoms with Gasteiger partial charge < -0.3 is 4.74 Å². The van der Waals surface area contributed by atoms with Crippen molar-refractivity contribution in [2.75, 3.05) is 0 Å². The molecule has 1 aromatic rings. The summed E-state index contributed by atoms with van der Waals surface area (Å²) in [4.78, 5) is 11.3. The third-order valence-electron chi connectivity index (χ3n) is 2.12. The average Bonchev–Trinajstić information content (AvgIpc) is 2.16. The SMILES string of the molecule is CC(=O)c1c(OC(F)F)ccc(C#N)c1C. The molecule has 0 aliphatic rings. The van der Waals surface area contributed by atoms with Gasteiger partial charge in [-0.1, -0.05) is 0 Å². The highest BCUT2D eigenvalue weighted by Gasteiger charge is 2.17. The molecular formula is C11H9F2NO2. The number of carbonyl (C=O) groups excluding carboxylic acids is 1. The van der Waals surface area contributed by atoms with Crippen molar-refractivity contribution in [2.45, 2.75) is 20.5 Å². The first-order valence-corrected chi connectivity index (χ1v) is 4.46. The second-order valence-electron chi connectivity index (χ2n) is 3.16. The molecule has 0 aromatic heterocycles. The molecule has 1 aromatic carbocycles. The number of ether oxygens (including phenoxy) is 1. The van der Waals surface area contributed by atoms with Crippen molar-refractivity contribution in [3.8, 4) is 11.8 Å².